The molecule has 10 rings (SSSR count). The van der Waals surface area contributed by atoms with Crippen LogP contribution in [-0.2, 0) is 0 Å². The van der Waals surface area contributed by atoms with E-state index in [1.54, 1.807) is 0 Å². The number of rotatable bonds is 2. The van der Waals surface area contributed by atoms with Gasteiger partial charge >= 0.3 is 0 Å². The first kappa shape index (κ1) is 24.0. The first-order valence-electron chi connectivity index (χ1n) is 15.1. The molecule has 10 aromatic rings. The number of para-hydroxylation sites is 1. The van der Waals surface area contributed by atoms with Gasteiger partial charge in [0, 0.05) is 36.3 Å². The molecule has 0 radical (unpaired) electrons. The molecule has 0 aliphatic heterocycles. The Labute approximate surface area is 257 Å². The summed E-state index contributed by atoms with van der Waals surface area (Å²) in [4.78, 5) is 0. The minimum atomic E-state index is 1.23. The lowest BCUT2D eigenvalue weighted by atomic mass is 9.98. The van der Waals surface area contributed by atoms with Crippen LogP contribution < -0.4 is 0 Å². The van der Waals surface area contributed by atoms with Crippen LogP contribution in [0, 0.1) is 0 Å². The van der Waals surface area contributed by atoms with Crippen molar-refractivity contribution in [3.8, 4) is 22.3 Å². The van der Waals surface area contributed by atoms with Crippen LogP contribution in [-0.4, -0.2) is 4.40 Å². The molecular formula is C42H25NS. The predicted molar refractivity (Wildman–Crippen MR) is 191 cm³/mol. The summed E-state index contributed by atoms with van der Waals surface area (Å²) in [6.45, 7) is 0. The number of thiophene rings is 1. The maximum absolute atomic E-state index is 2.54. The Balaban J connectivity index is 1.37. The molecule has 0 saturated heterocycles. The number of benzene rings is 7. The molecule has 0 saturated carbocycles. The fourth-order valence-electron chi connectivity index (χ4n) is 7.41. The quantitative estimate of drug-likeness (QED) is 0.193. The fourth-order valence-corrected chi connectivity index (χ4v) is 8.57. The summed E-state index contributed by atoms with van der Waals surface area (Å²) in [7, 11) is 0. The van der Waals surface area contributed by atoms with Crippen LogP contribution in [0.5, 0.6) is 0 Å². The van der Waals surface area contributed by atoms with Gasteiger partial charge in [0.05, 0.1) is 16.6 Å². The van der Waals surface area contributed by atoms with Gasteiger partial charge < -0.3 is 4.40 Å². The maximum Gasteiger partial charge on any atom is 0.0619 e. The molecule has 3 heterocycles. The average molecular weight is 576 g/mol. The predicted octanol–water partition coefficient (Wildman–Crippen LogP) is 12.3. The van der Waals surface area contributed by atoms with Gasteiger partial charge in [0.25, 0.3) is 0 Å². The summed E-state index contributed by atoms with van der Waals surface area (Å²) >= 11 is 1.89. The van der Waals surface area contributed by atoms with Gasteiger partial charge in [-0.2, -0.15) is 0 Å². The highest BCUT2D eigenvalue weighted by molar-refractivity contribution is 7.26. The van der Waals surface area contributed by atoms with Gasteiger partial charge in [0.2, 0.25) is 0 Å². The van der Waals surface area contributed by atoms with Crippen molar-refractivity contribution in [2.45, 2.75) is 0 Å². The van der Waals surface area contributed by atoms with Crippen LogP contribution in [0.4, 0.5) is 0 Å². The van der Waals surface area contributed by atoms with Gasteiger partial charge in [-0.05, 0) is 68.7 Å². The van der Waals surface area contributed by atoms with Gasteiger partial charge in [0.1, 0.15) is 0 Å². The largest absolute Gasteiger partial charge is 0.308 e. The van der Waals surface area contributed by atoms with Crippen molar-refractivity contribution in [3.63, 3.8) is 0 Å². The molecule has 0 aliphatic rings. The van der Waals surface area contributed by atoms with Crippen LogP contribution in [0.15, 0.2) is 152 Å². The topological polar surface area (TPSA) is 4.41 Å². The van der Waals surface area contributed by atoms with E-state index in [9.17, 15) is 0 Å². The Kier molecular flexibility index (Phi) is 4.94. The molecule has 1 nitrogen and oxygen atoms in total. The molecule has 0 aliphatic carbocycles. The zero-order valence-corrected chi connectivity index (χ0v) is 24.6. The van der Waals surface area contributed by atoms with Crippen molar-refractivity contribution in [3.05, 3.63) is 152 Å². The van der Waals surface area contributed by atoms with E-state index in [4.69, 9.17) is 0 Å². The molecule has 2 heteroatoms. The molecule has 0 amide bonds. The lowest BCUT2D eigenvalue weighted by Gasteiger charge is -2.06. The summed E-state index contributed by atoms with van der Waals surface area (Å²) in [6.07, 6.45) is 0. The molecular weight excluding hydrogens is 551 g/mol. The molecule has 0 unspecified atom stereocenters. The minimum Gasteiger partial charge on any atom is -0.308 e. The van der Waals surface area contributed by atoms with E-state index in [0.717, 1.165) is 0 Å². The lowest BCUT2D eigenvalue weighted by Crippen LogP contribution is -1.86. The van der Waals surface area contributed by atoms with Crippen LogP contribution in [0.25, 0.3) is 91.3 Å². The second-order valence-corrected chi connectivity index (χ2v) is 12.8. The fraction of sp³-hybridized carbons (Fsp3) is 0. The third-order valence-electron chi connectivity index (χ3n) is 9.36. The summed E-state index contributed by atoms with van der Waals surface area (Å²) in [5.41, 5.74) is 8.69. The highest BCUT2D eigenvalue weighted by Crippen LogP contribution is 2.44. The molecule has 0 N–H and O–H groups in total. The van der Waals surface area contributed by atoms with E-state index in [0.29, 0.717) is 0 Å². The van der Waals surface area contributed by atoms with E-state index >= 15 is 0 Å². The number of hydrogen-bond donors (Lipinski definition) is 0. The van der Waals surface area contributed by atoms with Crippen molar-refractivity contribution < 1.29 is 0 Å². The van der Waals surface area contributed by atoms with Crippen molar-refractivity contribution in [1.29, 1.82) is 0 Å². The summed E-state index contributed by atoms with van der Waals surface area (Å²) < 4.78 is 5.20. The Morgan fingerprint density at radius 3 is 1.68 bits per heavy atom. The first-order chi connectivity index (χ1) is 21.8. The number of fused-ring (bicyclic) bond motifs is 7. The molecule has 3 aromatic heterocycles. The molecule has 0 spiro atoms. The Morgan fingerprint density at radius 1 is 0.341 bits per heavy atom. The van der Waals surface area contributed by atoms with Crippen molar-refractivity contribution in [1.82, 2.24) is 4.40 Å². The number of aromatic nitrogens is 1. The van der Waals surface area contributed by atoms with Gasteiger partial charge in [-0.25, -0.2) is 0 Å². The SMILES string of the molecule is c1ccc(-c2ccc(-c3ccc4c(c3)c3cccc5c6ccccc6c6cccc7sc8cccc(c8c76)n4c53)cc2)cc1. The monoisotopic (exact) mass is 575 g/mol. The molecule has 7 aromatic carbocycles. The zero-order chi connectivity index (χ0) is 28.8. The third kappa shape index (κ3) is 3.29. The van der Waals surface area contributed by atoms with Crippen LogP contribution in [0.1, 0.15) is 0 Å². The van der Waals surface area contributed by atoms with Crippen LogP contribution >= 0.6 is 11.3 Å². The summed E-state index contributed by atoms with van der Waals surface area (Å²) in [6, 6.07) is 56.0. The first-order valence-corrected chi connectivity index (χ1v) is 15.9. The van der Waals surface area contributed by atoms with Gasteiger partial charge in [-0.3, -0.25) is 0 Å². The summed E-state index contributed by atoms with van der Waals surface area (Å²) in [5, 5.41) is 10.4. The van der Waals surface area contributed by atoms with Crippen molar-refractivity contribution in [2.75, 3.05) is 0 Å². The Bertz CT molecular complexity index is 2750. The second-order valence-electron chi connectivity index (χ2n) is 11.7. The molecule has 44 heavy (non-hydrogen) atoms. The minimum absolute atomic E-state index is 1.23. The van der Waals surface area contributed by atoms with Gasteiger partial charge in [-0.15, -0.1) is 11.3 Å². The smallest absolute Gasteiger partial charge is 0.0619 e. The normalized spacial score (nSPS) is 12.1. The van der Waals surface area contributed by atoms with Crippen molar-refractivity contribution >= 4 is 80.4 Å². The molecule has 0 fully saturated rings. The second kappa shape index (κ2) is 9.03. The van der Waals surface area contributed by atoms with E-state index in [-0.39, 0.29) is 0 Å². The number of hydrogen-bond acceptors (Lipinski definition) is 1. The van der Waals surface area contributed by atoms with Gasteiger partial charge in [-0.1, -0.05) is 121 Å². The average Bonchev–Trinajstić information content (AvgIpc) is 3.65. The van der Waals surface area contributed by atoms with E-state index in [1.807, 2.05) is 11.3 Å². The highest BCUT2D eigenvalue weighted by Gasteiger charge is 2.18. The van der Waals surface area contributed by atoms with E-state index < -0.39 is 0 Å². The Hall–Kier alpha value is -5.44. The number of nitrogens with zero attached hydrogens (tertiary/aromatic N) is 1. The standard InChI is InChI=1S/C42H25NS/c1-2-9-26(10-3-1)27-19-21-28(22-20-27)29-23-24-36-35(25-29)34-15-6-14-33-31-12-5-4-11-30(31)32-13-7-17-38-40(32)41-37(43(36)42(33)34)16-8-18-39(41)44-38/h1-25H. The van der Waals surface area contributed by atoms with E-state index in [2.05, 4.69) is 156 Å². The molecule has 0 atom stereocenters. The highest BCUT2D eigenvalue weighted by atomic mass is 32.1. The Morgan fingerprint density at radius 2 is 0.886 bits per heavy atom. The van der Waals surface area contributed by atoms with Crippen molar-refractivity contribution in [2.24, 2.45) is 0 Å². The molecule has 0 bridgehead atoms. The van der Waals surface area contributed by atoms with Gasteiger partial charge in [0.15, 0.2) is 0 Å². The van der Waals surface area contributed by atoms with E-state index in [1.165, 1.54) is 91.3 Å². The van der Waals surface area contributed by atoms with Crippen LogP contribution in [0.3, 0.4) is 0 Å². The summed E-state index contributed by atoms with van der Waals surface area (Å²) in [5.74, 6) is 0. The van der Waals surface area contributed by atoms with Crippen LogP contribution in [0.2, 0.25) is 0 Å². The molecule has 204 valence electrons. The lowest BCUT2D eigenvalue weighted by molar-refractivity contribution is 1.36. The third-order valence-corrected chi connectivity index (χ3v) is 10.5. The zero-order valence-electron chi connectivity index (χ0n) is 23.8. The maximum atomic E-state index is 2.54.